The van der Waals surface area contributed by atoms with Gasteiger partial charge in [-0.15, -0.1) is 0 Å². The summed E-state index contributed by atoms with van der Waals surface area (Å²) < 4.78 is 19.1. The standard InChI is InChI=1S/C15H17FN2O3/c16-12-6-2-1-5-11(12)13-8-14(21-18-13)15(19)17-9-10-4-3-7-20-10/h1-2,5-6,10,14H,3-4,7-9H2,(H,17,19)/t10-,14-/m0/s1. The number of halogens is 1. The summed E-state index contributed by atoms with van der Waals surface area (Å²) in [6.07, 6.45) is 1.66. The van der Waals surface area contributed by atoms with Crippen LogP contribution in [0.5, 0.6) is 0 Å². The zero-order valence-electron chi connectivity index (χ0n) is 11.5. The third-order valence-electron chi connectivity index (χ3n) is 3.67. The first-order valence-electron chi connectivity index (χ1n) is 7.11. The van der Waals surface area contributed by atoms with Crippen LogP contribution in [0.15, 0.2) is 29.4 Å². The lowest BCUT2D eigenvalue weighted by Crippen LogP contribution is -2.39. The Hall–Kier alpha value is -1.95. The number of nitrogens with zero attached hydrogens (tertiary/aromatic N) is 1. The number of hydrogen-bond donors (Lipinski definition) is 1. The zero-order valence-corrected chi connectivity index (χ0v) is 11.5. The molecule has 0 aromatic heterocycles. The van der Waals surface area contributed by atoms with Crippen LogP contribution < -0.4 is 5.32 Å². The molecule has 0 saturated carbocycles. The molecule has 1 fully saturated rings. The summed E-state index contributed by atoms with van der Waals surface area (Å²) in [5, 5.41) is 6.63. The number of benzene rings is 1. The summed E-state index contributed by atoms with van der Waals surface area (Å²) in [6, 6.07) is 6.33. The van der Waals surface area contributed by atoms with Gasteiger partial charge in [-0.3, -0.25) is 4.79 Å². The minimum Gasteiger partial charge on any atom is -0.382 e. The molecule has 2 aliphatic rings. The van der Waals surface area contributed by atoms with Gasteiger partial charge in [-0.05, 0) is 18.9 Å². The molecule has 2 aliphatic heterocycles. The molecule has 1 amide bonds. The Labute approximate surface area is 122 Å². The van der Waals surface area contributed by atoms with Gasteiger partial charge < -0.3 is 14.9 Å². The molecule has 2 heterocycles. The van der Waals surface area contributed by atoms with Gasteiger partial charge in [0.2, 0.25) is 6.10 Å². The van der Waals surface area contributed by atoms with E-state index in [2.05, 4.69) is 10.5 Å². The Bertz CT molecular complexity index is 556. The minimum atomic E-state index is -0.694. The van der Waals surface area contributed by atoms with Gasteiger partial charge in [-0.1, -0.05) is 23.4 Å². The predicted molar refractivity (Wildman–Crippen MR) is 74.4 cm³/mol. The average Bonchev–Trinajstić information content (AvgIpc) is 3.17. The van der Waals surface area contributed by atoms with E-state index in [-0.39, 0.29) is 24.2 Å². The van der Waals surface area contributed by atoms with Crippen LogP contribution in [-0.4, -0.2) is 37.0 Å². The molecule has 2 atom stereocenters. The molecule has 0 radical (unpaired) electrons. The predicted octanol–water partition coefficient (Wildman–Crippen LogP) is 1.61. The Morgan fingerprint density at radius 1 is 1.43 bits per heavy atom. The topological polar surface area (TPSA) is 59.9 Å². The second-order valence-electron chi connectivity index (χ2n) is 5.20. The SMILES string of the molecule is O=C(NC[C@@H]1CCCO1)[C@@H]1CC(c2ccccc2F)=NO1. The molecular weight excluding hydrogens is 275 g/mol. The number of amides is 1. The van der Waals surface area contributed by atoms with Crippen molar-refractivity contribution in [1.82, 2.24) is 5.32 Å². The summed E-state index contributed by atoms with van der Waals surface area (Å²) in [4.78, 5) is 17.1. The Morgan fingerprint density at radius 3 is 3.05 bits per heavy atom. The lowest BCUT2D eigenvalue weighted by Gasteiger charge is -2.13. The normalized spacial score (nSPS) is 24.5. The number of oxime groups is 1. The highest BCUT2D eigenvalue weighted by Crippen LogP contribution is 2.19. The van der Waals surface area contributed by atoms with Crippen LogP contribution in [0, 0.1) is 5.82 Å². The highest BCUT2D eigenvalue weighted by atomic mass is 19.1. The Kier molecular flexibility index (Phi) is 4.15. The van der Waals surface area contributed by atoms with Crippen molar-refractivity contribution in [3.8, 4) is 0 Å². The van der Waals surface area contributed by atoms with E-state index in [4.69, 9.17) is 9.57 Å². The fourth-order valence-corrected chi connectivity index (χ4v) is 2.51. The van der Waals surface area contributed by atoms with E-state index in [1.807, 2.05) is 0 Å². The monoisotopic (exact) mass is 292 g/mol. The van der Waals surface area contributed by atoms with E-state index in [1.54, 1.807) is 18.2 Å². The third-order valence-corrected chi connectivity index (χ3v) is 3.67. The molecule has 5 nitrogen and oxygen atoms in total. The second kappa shape index (κ2) is 6.22. The Balaban J connectivity index is 1.53. The van der Waals surface area contributed by atoms with Crippen molar-refractivity contribution in [3.05, 3.63) is 35.6 Å². The summed E-state index contributed by atoms with van der Waals surface area (Å²) in [5.74, 6) is -0.596. The molecule has 1 aromatic rings. The number of carbonyl (C=O) groups excluding carboxylic acids is 1. The first-order chi connectivity index (χ1) is 10.2. The van der Waals surface area contributed by atoms with E-state index >= 15 is 0 Å². The van der Waals surface area contributed by atoms with Crippen molar-refractivity contribution in [3.63, 3.8) is 0 Å². The van der Waals surface area contributed by atoms with E-state index in [0.717, 1.165) is 19.4 Å². The minimum absolute atomic E-state index is 0.0855. The maximum Gasteiger partial charge on any atom is 0.264 e. The number of carbonyl (C=O) groups is 1. The molecule has 6 heteroatoms. The molecule has 0 spiro atoms. The van der Waals surface area contributed by atoms with Crippen molar-refractivity contribution in [2.45, 2.75) is 31.5 Å². The number of hydrogen-bond acceptors (Lipinski definition) is 4. The van der Waals surface area contributed by atoms with E-state index in [9.17, 15) is 9.18 Å². The van der Waals surface area contributed by atoms with Crippen molar-refractivity contribution in [1.29, 1.82) is 0 Å². The van der Waals surface area contributed by atoms with Gasteiger partial charge in [0.15, 0.2) is 0 Å². The van der Waals surface area contributed by atoms with Crippen LogP contribution in [0.2, 0.25) is 0 Å². The fraction of sp³-hybridized carbons (Fsp3) is 0.467. The van der Waals surface area contributed by atoms with Crippen molar-refractivity contribution in [2.75, 3.05) is 13.2 Å². The summed E-state index contributed by atoms with van der Waals surface area (Å²) in [7, 11) is 0. The van der Waals surface area contributed by atoms with Gasteiger partial charge in [0.25, 0.3) is 5.91 Å². The summed E-state index contributed by atoms with van der Waals surface area (Å²) in [6.45, 7) is 1.23. The van der Waals surface area contributed by atoms with Gasteiger partial charge >= 0.3 is 0 Å². The number of nitrogens with one attached hydrogen (secondary N) is 1. The highest BCUT2D eigenvalue weighted by Gasteiger charge is 2.30. The molecule has 0 aliphatic carbocycles. The largest absolute Gasteiger partial charge is 0.382 e. The van der Waals surface area contributed by atoms with Crippen LogP contribution in [0.25, 0.3) is 0 Å². The lowest BCUT2D eigenvalue weighted by atomic mass is 10.0. The van der Waals surface area contributed by atoms with Crippen LogP contribution in [-0.2, 0) is 14.4 Å². The van der Waals surface area contributed by atoms with Crippen LogP contribution >= 0.6 is 0 Å². The number of ether oxygens (including phenoxy) is 1. The molecule has 21 heavy (non-hydrogen) atoms. The molecule has 0 bridgehead atoms. The van der Waals surface area contributed by atoms with Crippen LogP contribution in [0.3, 0.4) is 0 Å². The van der Waals surface area contributed by atoms with E-state index in [1.165, 1.54) is 6.07 Å². The molecule has 112 valence electrons. The summed E-state index contributed by atoms with van der Waals surface area (Å²) in [5.41, 5.74) is 0.845. The van der Waals surface area contributed by atoms with Crippen LogP contribution in [0.4, 0.5) is 4.39 Å². The second-order valence-corrected chi connectivity index (χ2v) is 5.20. The smallest absolute Gasteiger partial charge is 0.264 e. The maximum absolute atomic E-state index is 13.7. The maximum atomic E-state index is 13.7. The molecule has 3 rings (SSSR count). The molecular formula is C15H17FN2O3. The molecule has 1 N–H and O–H groups in total. The molecule has 1 aromatic carbocycles. The highest BCUT2D eigenvalue weighted by molar-refractivity contribution is 6.04. The van der Waals surface area contributed by atoms with Crippen molar-refractivity contribution in [2.24, 2.45) is 5.16 Å². The Morgan fingerprint density at radius 2 is 2.29 bits per heavy atom. The molecule has 0 unspecified atom stereocenters. The first-order valence-corrected chi connectivity index (χ1v) is 7.11. The van der Waals surface area contributed by atoms with Crippen LogP contribution in [0.1, 0.15) is 24.8 Å². The third kappa shape index (κ3) is 3.21. The van der Waals surface area contributed by atoms with Crippen molar-refractivity contribution < 1.29 is 18.8 Å². The van der Waals surface area contributed by atoms with E-state index in [0.29, 0.717) is 17.8 Å². The van der Waals surface area contributed by atoms with Gasteiger partial charge in [0, 0.05) is 25.1 Å². The van der Waals surface area contributed by atoms with Gasteiger partial charge in [-0.2, -0.15) is 0 Å². The molecule has 1 saturated heterocycles. The van der Waals surface area contributed by atoms with Crippen molar-refractivity contribution >= 4 is 11.6 Å². The van der Waals surface area contributed by atoms with Gasteiger partial charge in [0.1, 0.15) is 5.82 Å². The fourth-order valence-electron chi connectivity index (χ4n) is 2.51. The zero-order chi connectivity index (χ0) is 14.7. The summed E-state index contributed by atoms with van der Waals surface area (Å²) >= 11 is 0. The van der Waals surface area contributed by atoms with Gasteiger partial charge in [0.05, 0.1) is 11.8 Å². The number of rotatable bonds is 4. The van der Waals surface area contributed by atoms with E-state index < -0.39 is 6.10 Å². The van der Waals surface area contributed by atoms with Gasteiger partial charge in [-0.25, -0.2) is 4.39 Å². The quantitative estimate of drug-likeness (QED) is 0.917. The average molecular weight is 292 g/mol. The lowest BCUT2D eigenvalue weighted by molar-refractivity contribution is -0.131. The first kappa shape index (κ1) is 14.0.